The molecule has 0 fully saturated rings. The Hall–Kier alpha value is -5.96. The van der Waals surface area contributed by atoms with Crippen molar-refractivity contribution in [3.63, 3.8) is 0 Å². The SMILES string of the molecule is N#CC1=C(Oc2nc(-c3ccccc3)nc(-c3ccccc3)n2)N=P(c2ccccc2)(c2ccccc2)N=C1c1ccccc1. The number of rotatable bonds is 7. The molecule has 8 heteroatoms. The summed E-state index contributed by atoms with van der Waals surface area (Å²) >= 11 is 0. The summed E-state index contributed by atoms with van der Waals surface area (Å²) < 4.78 is 17.1. The first-order chi connectivity index (χ1) is 22.2. The maximum atomic E-state index is 10.6. The molecule has 0 unspecified atom stereocenters. The highest BCUT2D eigenvalue weighted by Crippen LogP contribution is 2.53. The first-order valence-corrected chi connectivity index (χ1v) is 16.0. The van der Waals surface area contributed by atoms with Gasteiger partial charge in [0.05, 0.1) is 5.71 Å². The molecule has 0 atom stereocenters. The summed E-state index contributed by atoms with van der Waals surface area (Å²) in [5.74, 6) is 0.994. The Bertz CT molecular complexity index is 2030. The van der Waals surface area contributed by atoms with Crippen molar-refractivity contribution >= 4 is 23.5 Å². The second kappa shape index (κ2) is 12.3. The van der Waals surface area contributed by atoms with Crippen molar-refractivity contribution in [2.45, 2.75) is 0 Å². The molecule has 0 aliphatic carbocycles. The Morgan fingerprint density at radius 3 is 1.38 bits per heavy atom. The number of ether oxygens (including phenoxy) is 1. The molecule has 0 radical (unpaired) electrons. The van der Waals surface area contributed by atoms with Crippen molar-refractivity contribution in [3.8, 4) is 34.9 Å². The summed E-state index contributed by atoms with van der Waals surface area (Å²) in [5, 5.41) is 12.4. The lowest BCUT2D eigenvalue weighted by atomic mass is 10.0. The Balaban J connectivity index is 1.48. The summed E-state index contributed by atoms with van der Waals surface area (Å²) in [6, 6.07) is 51.2. The molecule has 1 aliphatic rings. The minimum atomic E-state index is -2.89. The normalized spacial score (nSPS) is 13.7. The minimum absolute atomic E-state index is 0.0303. The lowest BCUT2D eigenvalue weighted by Crippen LogP contribution is -2.22. The molecule has 6 aromatic rings. The molecule has 0 amide bonds. The van der Waals surface area contributed by atoms with Crippen LogP contribution in [0.25, 0.3) is 22.8 Å². The van der Waals surface area contributed by atoms with Gasteiger partial charge in [-0.25, -0.2) is 9.75 Å². The van der Waals surface area contributed by atoms with Gasteiger partial charge in [-0.15, -0.1) is 0 Å². The molecule has 0 bridgehead atoms. The Kier molecular flexibility index (Phi) is 7.63. The molecule has 0 saturated carbocycles. The van der Waals surface area contributed by atoms with E-state index in [0.717, 1.165) is 27.3 Å². The molecule has 1 aliphatic heterocycles. The van der Waals surface area contributed by atoms with Gasteiger partial charge in [-0.2, -0.15) is 20.0 Å². The molecule has 0 spiro atoms. The fourth-order valence-electron chi connectivity index (χ4n) is 5.04. The smallest absolute Gasteiger partial charge is 0.327 e. The van der Waals surface area contributed by atoms with E-state index < -0.39 is 7.21 Å². The zero-order chi connectivity index (χ0) is 30.5. The van der Waals surface area contributed by atoms with Gasteiger partial charge in [-0.3, -0.25) is 0 Å². The Morgan fingerprint density at radius 2 is 0.933 bits per heavy atom. The first-order valence-electron chi connectivity index (χ1n) is 14.3. The number of hydrogen-bond acceptors (Lipinski definition) is 7. The van der Waals surface area contributed by atoms with Gasteiger partial charge in [0, 0.05) is 27.3 Å². The van der Waals surface area contributed by atoms with E-state index in [9.17, 15) is 5.26 Å². The molecule has 7 nitrogen and oxygen atoms in total. The average Bonchev–Trinajstić information content (AvgIpc) is 3.13. The van der Waals surface area contributed by atoms with E-state index in [1.54, 1.807) is 0 Å². The monoisotopic (exact) mass is 600 g/mol. The van der Waals surface area contributed by atoms with Crippen LogP contribution in [0.3, 0.4) is 0 Å². The molecule has 0 saturated heterocycles. The van der Waals surface area contributed by atoms with Crippen LogP contribution in [0, 0.1) is 11.3 Å². The van der Waals surface area contributed by atoms with Crippen molar-refractivity contribution < 1.29 is 4.74 Å². The van der Waals surface area contributed by atoms with Crippen LogP contribution in [0.2, 0.25) is 0 Å². The van der Waals surface area contributed by atoms with E-state index in [1.165, 1.54) is 0 Å². The lowest BCUT2D eigenvalue weighted by Gasteiger charge is -2.27. The molecule has 45 heavy (non-hydrogen) atoms. The quantitative estimate of drug-likeness (QED) is 0.176. The van der Waals surface area contributed by atoms with Crippen molar-refractivity contribution in [3.05, 3.63) is 169 Å². The van der Waals surface area contributed by atoms with E-state index in [0.29, 0.717) is 17.4 Å². The van der Waals surface area contributed by atoms with Crippen molar-refractivity contribution in [2.24, 2.45) is 9.51 Å². The summed E-state index contributed by atoms with van der Waals surface area (Å²) in [7, 11) is -2.89. The van der Waals surface area contributed by atoms with Crippen LogP contribution < -0.4 is 15.3 Å². The van der Waals surface area contributed by atoms with Crippen LogP contribution in [-0.4, -0.2) is 20.7 Å². The second-order valence-electron chi connectivity index (χ2n) is 10.1. The molecule has 2 heterocycles. The molecular weight excluding hydrogens is 575 g/mol. The summed E-state index contributed by atoms with van der Waals surface area (Å²) in [4.78, 5) is 14.2. The number of aromatic nitrogens is 3. The highest BCUT2D eigenvalue weighted by atomic mass is 31.2. The highest BCUT2D eigenvalue weighted by Gasteiger charge is 2.34. The maximum Gasteiger partial charge on any atom is 0.327 e. The maximum absolute atomic E-state index is 10.6. The van der Waals surface area contributed by atoms with Crippen molar-refractivity contribution in [1.82, 2.24) is 15.0 Å². The van der Waals surface area contributed by atoms with Crippen LogP contribution in [0.15, 0.2) is 173 Å². The topological polar surface area (TPSA) is 96.4 Å². The number of allylic oxidation sites excluding steroid dienone is 1. The van der Waals surface area contributed by atoms with E-state index in [4.69, 9.17) is 29.2 Å². The number of hydrogen-bond donors (Lipinski definition) is 0. The van der Waals surface area contributed by atoms with Gasteiger partial charge < -0.3 is 4.74 Å². The third kappa shape index (κ3) is 5.59. The molecule has 214 valence electrons. The third-order valence-corrected chi connectivity index (χ3v) is 10.2. The molecule has 0 N–H and O–H groups in total. The first kappa shape index (κ1) is 27.8. The van der Waals surface area contributed by atoms with E-state index >= 15 is 0 Å². The largest absolute Gasteiger partial charge is 0.404 e. The lowest BCUT2D eigenvalue weighted by molar-refractivity contribution is 0.386. The van der Waals surface area contributed by atoms with Gasteiger partial charge in [-0.05, 0) is 0 Å². The number of nitrogens with zero attached hydrogens (tertiary/aromatic N) is 6. The third-order valence-electron chi connectivity index (χ3n) is 7.19. The van der Waals surface area contributed by atoms with Crippen molar-refractivity contribution in [1.29, 1.82) is 5.26 Å². The number of nitriles is 1. The molecule has 5 aromatic carbocycles. The molecular formula is C37H25N6OP. The molecule has 1 aromatic heterocycles. The standard InChI is InChI=1S/C37H25N6OP/c38-26-32-33(27-16-6-1-7-17-27)42-45(30-22-12-4-13-23-30,31-24-14-5-15-25-31)43-36(32)44-37-40-34(28-18-8-2-9-19-28)39-35(41-37)29-20-10-3-11-21-29/h1-25H. The van der Waals surface area contributed by atoms with Gasteiger partial charge in [0.2, 0.25) is 5.88 Å². The van der Waals surface area contributed by atoms with Gasteiger partial charge >= 0.3 is 6.01 Å². The van der Waals surface area contributed by atoms with E-state index in [-0.39, 0.29) is 17.5 Å². The van der Waals surface area contributed by atoms with E-state index in [1.807, 2.05) is 152 Å². The van der Waals surface area contributed by atoms with Crippen LogP contribution in [0.5, 0.6) is 6.01 Å². The predicted octanol–water partition coefficient (Wildman–Crippen LogP) is 7.59. The van der Waals surface area contributed by atoms with Gasteiger partial charge in [0.1, 0.15) is 18.8 Å². The fraction of sp³-hybridized carbons (Fsp3) is 0. The predicted molar refractivity (Wildman–Crippen MR) is 178 cm³/mol. The Labute approximate surface area is 261 Å². The fourth-order valence-corrected chi connectivity index (χ4v) is 7.93. The zero-order valence-corrected chi connectivity index (χ0v) is 24.9. The van der Waals surface area contributed by atoms with Crippen LogP contribution in [-0.2, 0) is 0 Å². The summed E-state index contributed by atoms with van der Waals surface area (Å²) in [6.07, 6.45) is 0. The summed E-state index contributed by atoms with van der Waals surface area (Å²) in [6.45, 7) is 0. The minimum Gasteiger partial charge on any atom is -0.404 e. The van der Waals surface area contributed by atoms with E-state index in [2.05, 4.69) is 6.07 Å². The average molecular weight is 601 g/mol. The molecule has 7 rings (SSSR count). The van der Waals surface area contributed by atoms with Crippen LogP contribution >= 0.6 is 7.21 Å². The second-order valence-corrected chi connectivity index (χ2v) is 12.7. The van der Waals surface area contributed by atoms with Gasteiger partial charge in [0.25, 0.3) is 0 Å². The van der Waals surface area contributed by atoms with Crippen LogP contribution in [0.4, 0.5) is 0 Å². The zero-order valence-electron chi connectivity index (χ0n) is 24.0. The summed E-state index contributed by atoms with van der Waals surface area (Å²) in [5.41, 5.74) is 3.10. The van der Waals surface area contributed by atoms with Gasteiger partial charge in [-0.1, -0.05) is 152 Å². The van der Waals surface area contributed by atoms with Gasteiger partial charge in [0.15, 0.2) is 11.6 Å². The Morgan fingerprint density at radius 1 is 0.511 bits per heavy atom. The van der Waals surface area contributed by atoms with Crippen molar-refractivity contribution in [2.75, 3.05) is 0 Å². The number of benzene rings is 5. The highest BCUT2D eigenvalue weighted by molar-refractivity contribution is 7.80. The van der Waals surface area contributed by atoms with Crippen LogP contribution in [0.1, 0.15) is 5.56 Å².